The van der Waals surface area contributed by atoms with Gasteiger partial charge in [0.25, 0.3) is 0 Å². The van der Waals surface area contributed by atoms with Crippen LogP contribution in [-0.4, -0.2) is 88.6 Å². The zero-order valence-electron chi connectivity index (χ0n) is 22.8. The van der Waals surface area contributed by atoms with Gasteiger partial charge in [-0.1, -0.05) is 24.3 Å². The van der Waals surface area contributed by atoms with Crippen molar-refractivity contribution in [3.63, 3.8) is 0 Å². The normalized spacial score (nSPS) is 25.5. The Kier molecular flexibility index (Phi) is 6.16. The Morgan fingerprint density at radius 1 is 1.07 bits per heavy atom. The number of nitrogens with zero attached hydrogens (tertiary/aromatic N) is 5. The van der Waals surface area contributed by atoms with Crippen LogP contribution in [0.25, 0.3) is 32.9 Å². The average molecular weight is 557 g/mol. The highest BCUT2D eigenvalue weighted by atomic mass is 19.1. The Hall–Kier alpha value is -3.60. The fraction of sp³-hybridized carbons (Fsp3) is 0.452. The van der Waals surface area contributed by atoms with Crippen LogP contribution in [0.15, 0.2) is 42.6 Å². The van der Waals surface area contributed by atoms with Crippen molar-refractivity contribution in [3.05, 3.63) is 48.4 Å². The summed E-state index contributed by atoms with van der Waals surface area (Å²) in [6.07, 6.45) is 6.23. The third kappa shape index (κ3) is 4.54. The lowest BCUT2D eigenvalue weighted by Crippen LogP contribution is -2.51. The van der Waals surface area contributed by atoms with Gasteiger partial charge in [-0.15, -0.1) is 0 Å². The van der Waals surface area contributed by atoms with Crippen molar-refractivity contribution < 1.29 is 19.0 Å². The lowest BCUT2D eigenvalue weighted by molar-refractivity contribution is 0.0287. The standard InChI is InChI=1S/C31H33FN6O3/c32-27-28(25-12-22(39)10-18-4-1-2-5-24(18)25)33-13-26-29(27)35-31(36-30(26)38-14-19-6-7-20(15-38)34-19)40-9-3-8-37-16-23-11-21(37)17-41-23/h1-2,4-5,10,12-13,19-21,23,34,39H,3,6-9,11,14-17H2/t19-,20+,21-,23-/m0/s1. The summed E-state index contributed by atoms with van der Waals surface area (Å²) in [5, 5.41) is 16.2. The second-order valence-electron chi connectivity index (χ2n) is 11.8. The Labute approximate surface area is 237 Å². The van der Waals surface area contributed by atoms with Crippen molar-refractivity contribution in [2.24, 2.45) is 0 Å². The molecular formula is C31H33FN6O3. The van der Waals surface area contributed by atoms with E-state index in [0.717, 1.165) is 69.2 Å². The van der Waals surface area contributed by atoms with Crippen LogP contribution in [0.1, 0.15) is 25.7 Å². The second-order valence-corrected chi connectivity index (χ2v) is 11.8. The van der Waals surface area contributed by atoms with Crippen LogP contribution in [0, 0.1) is 5.82 Å². The van der Waals surface area contributed by atoms with E-state index in [1.165, 1.54) is 0 Å². The molecule has 4 aromatic rings. The molecule has 0 saturated carbocycles. The zero-order chi connectivity index (χ0) is 27.5. The molecule has 4 aliphatic heterocycles. The van der Waals surface area contributed by atoms with E-state index in [9.17, 15) is 5.11 Å². The largest absolute Gasteiger partial charge is 0.508 e. The van der Waals surface area contributed by atoms with Crippen LogP contribution < -0.4 is 15.0 Å². The number of phenolic OH excluding ortho intramolecular Hbond substituents is 1. The van der Waals surface area contributed by atoms with Crippen LogP contribution in [0.3, 0.4) is 0 Å². The van der Waals surface area contributed by atoms with Crippen LogP contribution >= 0.6 is 0 Å². The summed E-state index contributed by atoms with van der Waals surface area (Å²) in [7, 11) is 0. The SMILES string of the molecule is Oc1cc(-c2ncc3c(N4C[C@H]5CC[C@@H](C4)N5)nc(OCCCN4C[C@@H]5C[C@H]4CO5)nc3c2F)c2ccccc2c1. The Morgan fingerprint density at radius 3 is 2.73 bits per heavy atom. The number of anilines is 1. The predicted octanol–water partition coefficient (Wildman–Crippen LogP) is 3.87. The summed E-state index contributed by atoms with van der Waals surface area (Å²) in [5.41, 5.74) is 0.848. The first-order valence-corrected chi connectivity index (χ1v) is 14.7. The molecule has 0 spiro atoms. The number of pyridine rings is 1. The van der Waals surface area contributed by atoms with E-state index in [-0.39, 0.29) is 23.0 Å². The first kappa shape index (κ1) is 25.1. The van der Waals surface area contributed by atoms with Gasteiger partial charge in [0.1, 0.15) is 22.8 Å². The number of ether oxygens (including phenoxy) is 2. The lowest BCUT2D eigenvalue weighted by Gasteiger charge is -2.34. The molecule has 4 bridgehead atoms. The van der Waals surface area contributed by atoms with Gasteiger partial charge < -0.3 is 24.8 Å². The van der Waals surface area contributed by atoms with Gasteiger partial charge in [-0.25, -0.2) is 4.39 Å². The van der Waals surface area contributed by atoms with E-state index in [1.54, 1.807) is 18.3 Å². The van der Waals surface area contributed by atoms with Gasteiger partial charge in [-0.05, 0) is 48.6 Å². The maximum absolute atomic E-state index is 16.4. The molecule has 0 aliphatic carbocycles. The molecule has 4 saturated heterocycles. The summed E-state index contributed by atoms with van der Waals surface area (Å²) < 4.78 is 28.3. The highest BCUT2D eigenvalue weighted by Crippen LogP contribution is 2.37. The molecule has 10 heteroatoms. The van der Waals surface area contributed by atoms with Crippen LogP contribution in [0.2, 0.25) is 0 Å². The van der Waals surface area contributed by atoms with Gasteiger partial charge in [0.05, 0.1) is 24.7 Å². The minimum Gasteiger partial charge on any atom is -0.508 e. The van der Waals surface area contributed by atoms with Crippen LogP contribution in [0.4, 0.5) is 10.2 Å². The molecule has 4 fully saturated rings. The molecule has 9 nitrogen and oxygen atoms in total. The number of aromatic nitrogens is 3. The number of aromatic hydroxyl groups is 1. The summed E-state index contributed by atoms with van der Waals surface area (Å²) in [4.78, 5) is 18.7. The molecule has 6 heterocycles. The summed E-state index contributed by atoms with van der Waals surface area (Å²) in [6.45, 7) is 4.77. The number of halogens is 1. The highest BCUT2D eigenvalue weighted by molar-refractivity contribution is 5.99. The predicted molar refractivity (Wildman–Crippen MR) is 154 cm³/mol. The number of nitrogens with one attached hydrogen (secondary N) is 1. The summed E-state index contributed by atoms with van der Waals surface area (Å²) in [6, 6.07) is 12.3. The van der Waals surface area contributed by atoms with Crippen molar-refractivity contribution in [2.45, 2.75) is 49.9 Å². The summed E-state index contributed by atoms with van der Waals surface area (Å²) in [5.74, 6) is 0.176. The number of piperazine rings is 1. The third-order valence-corrected chi connectivity index (χ3v) is 9.10. The Balaban J connectivity index is 1.15. The van der Waals surface area contributed by atoms with Gasteiger partial charge in [0, 0.05) is 56.1 Å². The number of phenols is 1. The molecule has 2 aromatic carbocycles. The van der Waals surface area contributed by atoms with Crippen molar-refractivity contribution in [1.29, 1.82) is 0 Å². The van der Waals surface area contributed by atoms with Gasteiger partial charge in [0.15, 0.2) is 5.82 Å². The third-order valence-electron chi connectivity index (χ3n) is 9.10. The zero-order valence-corrected chi connectivity index (χ0v) is 22.8. The van der Waals surface area contributed by atoms with E-state index in [4.69, 9.17) is 14.5 Å². The molecule has 8 rings (SSSR count). The monoisotopic (exact) mass is 556 g/mol. The lowest BCUT2D eigenvalue weighted by atomic mass is 10.0. The maximum atomic E-state index is 16.4. The fourth-order valence-electron chi connectivity index (χ4n) is 7.16. The van der Waals surface area contributed by atoms with Crippen LogP contribution in [0.5, 0.6) is 11.8 Å². The van der Waals surface area contributed by atoms with Crippen LogP contribution in [-0.2, 0) is 4.74 Å². The van der Waals surface area contributed by atoms with Gasteiger partial charge in [-0.3, -0.25) is 9.88 Å². The molecular weight excluding hydrogens is 523 g/mol. The second kappa shape index (κ2) is 10.0. The fourth-order valence-corrected chi connectivity index (χ4v) is 7.16. The number of fused-ring (bicyclic) bond motifs is 6. The number of morpholine rings is 1. The van der Waals surface area contributed by atoms with Gasteiger partial charge in [-0.2, -0.15) is 9.97 Å². The molecule has 4 atom stereocenters. The van der Waals surface area contributed by atoms with Crippen molar-refractivity contribution in [2.75, 3.05) is 44.3 Å². The molecule has 0 unspecified atom stereocenters. The average Bonchev–Trinajstić information content (AvgIpc) is 3.70. The number of hydrogen-bond acceptors (Lipinski definition) is 9. The van der Waals surface area contributed by atoms with E-state index in [2.05, 4.69) is 25.1 Å². The summed E-state index contributed by atoms with van der Waals surface area (Å²) >= 11 is 0. The minimum absolute atomic E-state index is 0.0569. The van der Waals surface area contributed by atoms with Crippen molar-refractivity contribution in [3.8, 4) is 23.0 Å². The van der Waals surface area contributed by atoms with Gasteiger partial charge >= 0.3 is 6.01 Å². The topological polar surface area (TPSA) is 95.9 Å². The molecule has 2 aromatic heterocycles. The van der Waals surface area contributed by atoms with E-state index in [1.807, 2.05) is 24.3 Å². The quantitative estimate of drug-likeness (QED) is 0.329. The molecule has 0 radical (unpaired) electrons. The number of rotatable bonds is 7. The van der Waals surface area contributed by atoms with E-state index in [0.29, 0.717) is 47.6 Å². The first-order chi connectivity index (χ1) is 20.1. The maximum Gasteiger partial charge on any atom is 0.319 e. The number of benzene rings is 2. The molecule has 41 heavy (non-hydrogen) atoms. The molecule has 2 N–H and O–H groups in total. The molecule has 0 amide bonds. The minimum atomic E-state index is -0.544. The Morgan fingerprint density at radius 2 is 1.93 bits per heavy atom. The number of hydrogen-bond donors (Lipinski definition) is 2. The molecule has 4 aliphatic rings. The smallest absolute Gasteiger partial charge is 0.319 e. The van der Waals surface area contributed by atoms with Crippen molar-refractivity contribution >= 4 is 27.5 Å². The first-order valence-electron chi connectivity index (χ1n) is 14.7. The van der Waals surface area contributed by atoms with Gasteiger partial charge in [0.2, 0.25) is 0 Å². The van der Waals surface area contributed by atoms with E-state index >= 15 is 4.39 Å². The van der Waals surface area contributed by atoms with E-state index < -0.39 is 5.82 Å². The number of likely N-dealkylation sites (tertiary alicyclic amines) is 1. The highest BCUT2D eigenvalue weighted by Gasteiger charge is 2.38. The van der Waals surface area contributed by atoms with Crippen molar-refractivity contribution in [1.82, 2.24) is 25.2 Å². The molecule has 212 valence electrons. The Bertz CT molecular complexity index is 1620.